The summed E-state index contributed by atoms with van der Waals surface area (Å²) in [6.45, 7) is 9.02. The summed E-state index contributed by atoms with van der Waals surface area (Å²) in [5.74, 6) is -0.691. The smallest absolute Gasteiger partial charge is 0.251 e. The zero-order valence-corrected chi connectivity index (χ0v) is 27.9. The van der Waals surface area contributed by atoms with Crippen LogP contribution < -0.4 is 21.3 Å². The lowest BCUT2D eigenvalue weighted by Crippen LogP contribution is -2.49. The molecule has 2 aromatic carbocycles. The highest BCUT2D eigenvalue weighted by atomic mass is 16.2. The highest BCUT2D eigenvalue weighted by Gasteiger charge is 2.25. The van der Waals surface area contributed by atoms with Gasteiger partial charge in [0, 0.05) is 24.2 Å². The molecule has 2 aromatic rings. The molecule has 0 bridgehead atoms. The van der Waals surface area contributed by atoms with E-state index in [4.69, 9.17) is 0 Å². The van der Waals surface area contributed by atoms with Crippen molar-refractivity contribution in [2.24, 2.45) is 11.8 Å². The van der Waals surface area contributed by atoms with E-state index in [0.717, 1.165) is 38.5 Å². The number of hydrogen-bond acceptors (Lipinski definition) is 4. The fourth-order valence-electron chi connectivity index (χ4n) is 5.18. The first-order valence-electron chi connectivity index (χ1n) is 17.0. The molecule has 0 heterocycles. The minimum absolute atomic E-state index is 0.00183. The molecule has 2 rings (SSSR count). The van der Waals surface area contributed by atoms with E-state index in [1.807, 2.05) is 64.1 Å². The highest BCUT2D eigenvalue weighted by molar-refractivity contribution is 5.98. The van der Waals surface area contributed by atoms with Gasteiger partial charge in [0.05, 0.1) is 0 Å². The summed E-state index contributed by atoms with van der Waals surface area (Å²) in [5, 5.41) is 11.7. The summed E-state index contributed by atoms with van der Waals surface area (Å²) in [5.41, 5.74) is 1.11. The normalized spacial score (nSPS) is 12.4. The molecule has 8 nitrogen and oxygen atoms in total. The van der Waals surface area contributed by atoms with Crippen LogP contribution in [0.15, 0.2) is 60.7 Å². The minimum Gasteiger partial charge on any atom is -0.354 e. The van der Waals surface area contributed by atoms with Gasteiger partial charge in [-0.15, -0.1) is 0 Å². The van der Waals surface area contributed by atoms with Crippen LogP contribution in [0.1, 0.15) is 119 Å². The average Bonchev–Trinajstić information content (AvgIpc) is 3.04. The van der Waals surface area contributed by atoms with Gasteiger partial charge in [0.1, 0.15) is 12.1 Å². The number of carbonyl (C=O) groups excluding carboxylic acids is 4. The van der Waals surface area contributed by atoms with Gasteiger partial charge in [-0.3, -0.25) is 19.2 Å². The summed E-state index contributed by atoms with van der Waals surface area (Å²) >= 11 is 0. The maximum absolute atomic E-state index is 12.7. The van der Waals surface area contributed by atoms with Crippen molar-refractivity contribution >= 4 is 23.6 Å². The lowest BCUT2D eigenvalue weighted by Gasteiger charge is -2.21. The predicted molar refractivity (Wildman–Crippen MR) is 182 cm³/mol. The fraction of sp³-hybridized carbons (Fsp3) is 0.568. The van der Waals surface area contributed by atoms with E-state index < -0.39 is 12.1 Å². The topological polar surface area (TPSA) is 116 Å². The van der Waals surface area contributed by atoms with Crippen LogP contribution in [0.5, 0.6) is 0 Å². The molecule has 0 saturated carbocycles. The zero-order chi connectivity index (χ0) is 32.9. The van der Waals surface area contributed by atoms with Crippen molar-refractivity contribution in [1.82, 2.24) is 21.3 Å². The van der Waals surface area contributed by atoms with Gasteiger partial charge < -0.3 is 21.3 Å². The van der Waals surface area contributed by atoms with Crippen LogP contribution in [0.2, 0.25) is 0 Å². The molecule has 0 fully saturated rings. The van der Waals surface area contributed by atoms with Crippen LogP contribution in [-0.4, -0.2) is 48.8 Å². The molecule has 248 valence electrons. The number of rotatable bonds is 22. The van der Waals surface area contributed by atoms with Crippen molar-refractivity contribution in [2.75, 3.05) is 13.1 Å². The van der Waals surface area contributed by atoms with Gasteiger partial charge >= 0.3 is 0 Å². The van der Waals surface area contributed by atoms with Gasteiger partial charge in [-0.25, -0.2) is 0 Å². The number of hydrogen-bond donors (Lipinski definition) is 4. The van der Waals surface area contributed by atoms with Crippen LogP contribution in [-0.2, 0) is 9.59 Å². The number of amides is 4. The summed E-state index contributed by atoms with van der Waals surface area (Å²) in [6, 6.07) is 16.9. The molecule has 0 radical (unpaired) electrons. The van der Waals surface area contributed by atoms with Gasteiger partial charge in [-0.2, -0.15) is 0 Å². The third-order valence-corrected chi connectivity index (χ3v) is 8.00. The van der Waals surface area contributed by atoms with E-state index in [1.54, 1.807) is 24.3 Å². The third kappa shape index (κ3) is 15.2. The molecule has 8 heteroatoms. The Kier molecular flexibility index (Phi) is 18.3. The van der Waals surface area contributed by atoms with Crippen LogP contribution in [0.4, 0.5) is 0 Å². The molecule has 4 N–H and O–H groups in total. The van der Waals surface area contributed by atoms with Crippen LogP contribution >= 0.6 is 0 Å². The second-order valence-corrected chi connectivity index (χ2v) is 12.6. The zero-order valence-electron chi connectivity index (χ0n) is 27.9. The van der Waals surface area contributed by atoms with Gasteiger partial charge in [0.15, 0.2) is 0 Å². The monoisotopic (exact) mass is 620 g/mol. The molecule has 0 aliphatic heterocycles. The molecule has 45 heavy (non-hydrogen) atoms. The lowest BCUT2D eigenvalue weighted by molar-refractivity contribution is -0.124. The maximum atomic E-state index is 12.7. The molecular weight excluding hydrogens is 564 g/mol. The molecule has 0 aliphatic rings. The average molecular weight is 621 g/mol. The fourth-order valence-corrected chi connectivity index (χ4v) is 5.18. The predicted octanol–water partition coefficient (Wildman–Crippen LogP) is 6.42. The Balaban J connectivity index is 1.44. The van der Waals surface area contributed by atoms with Crippen molar-refractivity contribution in [3.63, 3.8) is 0 Å². The second kappa shape index (κ2) is 21.9. The summed E-state index contributed by atoms with van der Waals surface area (Å²) < 4.78 is 0. The van der Waals surface area contributed by atoms with Crippen LogP contribution in [0.3, 0.4) is 0 Å². The Morgan fingerprint density at radius 3 is 1.04 bits per heavy atom. The molecule has 2 atom stereocenters. The second-order valence-electron chi connectivity index (χ2n) is 12.6. The Hall–Kier alpha value is -3.68. The Morgan fingerprint density at radius 1 is 0.467 bits per heavy atom. The van der Waals surface area contributed by atoms with Crippen molar-refractivity contribution in [3.05, 3.63) is 71.8 Å². The maximum Gasteiger partial charge on any atom is 0.251 e. The third-order valence-electron chi connectivity index (χ3n) is 8.00. The van der Waals surface area contributed by atoms with Gasteiger partial charge in [-0.1, -0.05) is 122 Å². The van der Waals surface area contributed by atoms with Crippen molar-refractivity contribution in [2.45, 2.75) is 110 Å². The molecule has 4 amide bonds. The largest absolute Gasteiger partial charge is 0.354 e. The number of benzene rings is 2. The lowest BCUT2D eigenvalue weighted by atomic mass is 10.0. The number of nitrogens with one attached hydrogen (secondary N) is 4. The van der Waals surface area contributed by atoms with Crippen molar-refractivity contribution in [1.29, 1.82) is 0 Å². The molecular formula is C37H56N4O4. The van der Waals surface area contributed by atoms with E-state index in [1.165, 1.54) is 32.1 Å². The Morgan fingerprint density at radius 2 is 0.756 bits per heavy atom. The number of unbranched alkanes of at least 4 members (excludes halogenated alkanes) is 10. The Bertz CT molecular complexity index is 1050. The summed E-state index contributed by atoms with van der Waals surface area (Å²) in [7, 11) is 0. The van der Waals surface area contributed by atoms with E-state index >= 15 is 0 Å². The first kappa shape index (κ1) is 37.5. The molecule has 0 aliphatic carbocycles. The van der Waals surface area contributed by atoms with Gasteiger partial charge in [0.2, 0.25) is 11.8 Å². The number of carbonyl (C=O) groups is 4. The van der Waals surface area contributed by atoms with E-state index in [0.29, 0.717) is 24.2 Å². The van der Waals surface area contributed by atoms with Crippen LogP contribution in [0, 0.1) is 11.8 Å². The van der Waals surface area contributed by atoms with E-state index in [2.05, 4.69) is 21.3 Å². The molecule has 0 spiro atoms. The molecule has 0 unspecified atom stereocenters. The molecule has 0 saturated heterocycles. The summed E-state index contributed by atoms with van der Waals surface area (Å²) in [6.07, 6.45) is 12.5. The SMILES string of the molecule is CC(C)[C@H](NC(=O)c1ccccc1)C(=O)NCCCCCCCCCCCCCNC(=O)[C@@H](NC(=O)c1ccccc1)C(C)C. The van der Waals surface area contributed by atoms with Gasteiger partial charge in [-0.05, 0) is 48.9 Å². The first-order chi connectivity index (χ1) is 21.7. The quantitative estimate of drug-likeness (QED) is 0.114. The standard InChI is InChI=1S/C37H56N4O4/c1-28(2)32(40-34(42)30-22-16-14-17-23-30)36(44)38-26-20-12-10-8-6-5-7-9-11-13-21-27-39-37(45)33(29(3)4)41-35(43)31-24-18-15-19-25-31/h14-19,22-25,28-29,32-33H,5-13,20-21,26-27H2,1-4H3,(H,38,44)(H,39,45)(H,40,42)(H,41,43)/t32-,33-/m0/s1. The van der Waals surface area contributed by atoms with E-state index in [-0.39, 0.29) is 35.5 Å². The van der Waals surface area contributed by atoms with Crippen molar-refractivity contribution < 1.29 is 19.2 Å². The van der Waals surface area contributed by atoms with E-state index in [9.17, 15) is 19.2 Å². The molecule has 0 aromatic heterocycles. The first-order valence-corrected chi connectivity index (χ1v) is 17.0. The minimum atomic E-state index is -0.548. The van der Waals surface area contributed by atoms with Gasteiger partial charge in [0.25, 0.3) is 11.8 Å². The van der Waals surface area contributed by atoms with Crippen LogP contribution in [0.25, 0.3) is 0 Å². The summed E-state index contributed by atoms with van der Waals surface area (Å²) in [4.78, 5) is 50.3. The Labute approximate surface area is 270 Å². The highest BCUT2D eigenvalue weighted by Crippen LogP contribution is 2.12. The van der Waals surface area contributed by atoms with Crippen molar-refractivity contribution in [3.8, 4) is 0 Å².